The van der Waals surface area contributed by atoms with Crippen LogP contribution in [0.1, 0.15) is 12.0 Å². The molecule has 30 heavy (non-hydrogen) atoms. The molecule has 9 heteroatoms. The van der Waals surface area contributed by atoms with Gasteiger partial charge in [-0.3, -0.25) is 19.1 Å². The van der Waals surface area contributed by atoms with Gasteiger partial charge in [-0.1, -0.05) is 18.2 Å². The van der Waals surface area contributed by atoms with Crippen molar-refractivity contribution in [2.75, 3.05) is 25.5 Å². The highest BCUT2D eigenvalue weighted by molar-refractivity contribution is 5.94. The van der Waals surface area contributed by atoms with Crippen molar-refractivity contribution in [2.45, 2.75) is 18.9 Å². The van der Waals surface area contributed by atoms with Gasteiger partial charge in [0.1, 0.15) is 6.04 Å². The van der Waals surface area contributed by atoms with Crippen molar-refractivity contribution in [1.82, 2.24) is 19.6 Å². The molecular formula is C21H24N6O3. The van der Waals surface area contributed by atoms with E-state index in [2.05, 4.69) is 16.5 Å². The summed E-state index contributed by atoms with van der Waals surface area (Å²) in [5.41, 5.74) is 1.43. The number of nitriles is 1. The number of amides is 3. The second-order valence-electron chi connectivity index (χ2n) is 7.43. The maximum absolute atomic E-state index is 12.7. The number of aryl methyl sites for hydroxylation is 1. The average Bonchev–Trinajstić information content (AvgIpc) is 3.34. The number of benzene rings is 1. The Balaban J connectivity index is 1.57. The van der Waals surface area contributed by atoms with Crippen LogP contribution >= 0.6 is 0 Å². The van der Waals surface area contributed by atoms with Gasteiger partial charge >= 0.3 is 0 Å². The Morgan fingerprint density at radius 3 is 2.67 bits per heavy atom. The van der Waals surface area contributed by atoms with Crippen LogP contribution in [0.4, 0.5) is 5.69 Å². The first-order valence-corrected chi connectivity index (χ1v) is 9.64. The summed E-state index contributed by atoms with van der Waals surface area (Å²) in [4.78, 5) is 40.4. The van der Waals surface area contributed by atoms with E-state index >= 15 is 0 Å². The van der Waals surface area contributed by atoms with Crippen molar-refractivity contribution >= 4 is 23.4 Å². The molecule has 1 fully saturated rings. The van der Waals surface area contributed by atoms with Gasteiger partial charge in [-0.05, 0) is 24.1 Å². The first-order valence-electron chi connectivity index (χ1n) is 9.64. The molecule has 3 rings (SSSR count). The lowest BCUT2D eigenvalue weighted by molar-refractivity contribution is -0.139. The summed E-state index contributed by atoms with van der Waals surface area (Å²) in [5, 5.41) is 16.3. The summed E-state index contributed by atoms with van der Waals surface area (Å²) in [7, 11) is 3.31. The van der Waals surface area contributed by atoms with Crippen LogP contribution in [0.15, 0.2) is 42.7 Å². The molecule has 1 aliphatic rings. The smallest absolute Gasteiger partial charge is 0.243 e. The van der Waals surface area contributed by atoms with Crippen LogP contribution in [-0.2, 0) is 27.9 Å². The van der Waals surface area contributed by atoms with Crippen molar-refractivity contribution in [3.05, 3.63) is 48.3 Å². The fourth-order valence-corrected chi connectivity index (χ4v) is 3.44. The predicted molar refractivity (Wildman–Crippen MR) is 109 cm³/mol. The molecular weight excluding hydrogens is 384 g/mol. The predicted octanol–water partition coefficient (Wildman–Crippen LogP) is 0.800. The van der Waals surface area contributed by atoms with Crippen LogP contribution < -0.4 is 5.32 Å². The van der Waals surface area contributed by atoms with Gasteiger partial charge in [0, 0.05) is 32.5 Å². The molecule has 1 aliphatic heterocycles. The van der Waals surface area contributed by atoms with E-state index in [9.17, 15) is 19.6 Å². The fraction of sp³-hybridized carbons (Fsp3) is 0.381. The molecule has 0 aliphatic carbocycles. The monoisotopic (exact) mass is 408 g/mol. The Bertz CT molecular complexity index is 965. The molecule has 1 saturated heterocycles. The van der Waals surface area contributed by atoms with Crippen LogP contribution in [0.2, 0.25) is 0 Å². The molecule has 1 N–H and O–H groups in total. The van der Waals surface area contributed by atoms with E-state index < -0.39 is 12.0 Å². The van der Waals surface area contributed by atoms with Gasteiger partial charge in [-0.25, -0.2) is 0 Å². The lowest BCUT2D eigenvalue weighted by Crippen LogP contribution is -2.43. The number of nitrogens with zero attached hydrogens (tertiary/aromatic N) is 5. The van der Waals surface area contributed by atoms with E-state index in [0.29, 0.717) is 5.69 Å². The topological polar surface area (TPSA) is 111 Å². The highest BCUT2D eigenvalue weighted by atomic mass is 16.2. The van der Waals surface area contributed by atoms with Gasteiger partial charge in [-0.15, -0.1) is 0 Å². The molecule has 2 aromatic rings. The van der Waals surface area contributed by atoms with Gasteiger partial charge in [-0.2, -0.15) is 10.4 Å². The van der Waals surface area contributed by atoms with Crippen LogP contribution in [0, 0.1) is 17.2 Å². The molecule has 156 valence electrons. The zero-order valence-electron chi connectivity index (χ0n) is 17.0. The normalized spacial score (nSPS) is 18.0. The number of rotatable bonds is 6. The van der Waals surface area contributed by atoms with Crippen molar-refractivity contribution in [2.24, 2.45) is 13.0 Å². The van der Waals surface area contributed by atoms with Gasteiger partial charge < -0.3 is 15.1 Å². The van der Waals surface area contributed by atoms with Gasteiger partial charge in [0.05, 0.1) is 31.1 Å². The van der Waals surface area contributed by atoms with Crippen molar-refractivity contribution in [3.63, 3.8) is 0 Å². The Morgan fingerprint density at radius 1 is 1.30 bits per heavy atom. The minimum Gasteiger partial charge on any atom is -0.336 e. The zero-order chi connectivity index (χ0) is 21.7. The number of anilines is 1. The van der Waals surface area contributed by atoms with E-state index in [1.54, 1.807) is 43.3 Å². The molecule has 9 nitrogen and oxygen atoms in total. The van der Waals surface area contributed by atoms with Gasteiger partial charge in [0.25, 0.3) is 0 Å². The van der Waals surface area contributed by atoms with E-state index in [4.69, 9.17) is 0 Å². The molecule has 2 heterocycles. The highest BCUT2D eigenvalue weighted by Gasteiger charge is 2.39. The third-order valence-corrected chi connectivity index (χ3v) is 5.09. The molecule has 2 unspecified atom stereocenters. The standard InChI is InChI=1S/C21H24N6O3/c1-25(19(28)8-15-11-23-26(2)12-15)14-20(29)27-13-16(9-18(27)10-22)21(30)24-17-6-4-3-5-7-17/h3-7,11-12,16,18H,8-9,13-14H2,1-2H3,(H,24,30). The molecule has 0 bridgehead atoms. The molecule has 1 aromatic heterocycles. The van der Waals surface area contributed by atoms with Crippen molar-refractivity contribution in [3.8, 4) is 6.07 Å². The fourth-order valence-electron chi connectivity index (χ4n) is 3.44. The second kappa shape index (κ2) is 9.22. The number of hydrogen-bond acceptors (Lipinski definition) is 5. The first-order chi connectivity index (χ1) is 14.4. The van der Waals surface area contributed by atoms with Crippen LogP contribution in [-0.4, -0.2) is 63.5 Å². The van der Waals surface area contributed by atoms with Gasteiger partial charge in [0.2, 0.25) is 17.7 Å². The Hall–Kier alpha value is -3.67. The summed E-state index contributed by atoms with van der Waals surface area (Å²) in [5.74, 6) is -1.27. The molecule has 2 atom stereocenters. The van der Waals surface area contributed by atoms with E-state index in [0.717, 1.165) is 5.56 Å². The van der Waals surface area contributed by atoms with Crippen LogP contribution in [0.5, 0.6) is 0 Å². The van der Waals surface area contributed by atoms with Gasteiger partial charge in [0.15, 0.2) is 0 Å². The Labute approximate surface area is 174 Å². The largest absolute Gasteiger partial charge is 0.336 e. The lowest BCUT2D eigenvalue weighted by atomic mass is 10.1. The summed E-state index contributed by atoms with van der Waals surface area (Å²) in [6.07, 6.45) is 3.76. The number of carbonyl (C=O) groups is 3. The average molecular weight is 408 g/mol. The Kier molecular flexibility index (Phi) is 6.47. The molecule has 3 amide bonds. The SMILES string of the molecule is CN(CC(=O)N1CC(C(=O)Nc2ccccc2)CC1C#N)C(=O)Cc1cnn(C)c1. The Morgan fingerprint density at radius 2 is 2.03 bits per heavy atom. The van der Waals surface area contributed by atoms with Crippen molar-refractivity contribution < 1.29 is 14.4 Å². The third kappa shape index (κ3) is 5.03. The number of likely N-dealkylation sites (tertiary alicyclic amines) is 1. The van der Waals surface area contributed by atoms with Crippen molar-refractivity contribution in [1.29, 1.82) is 5.26 Å². The molecule has 1 aromatic carbocycles. The van der Waals surface area contributed by atoms with E-state index in [1.807, 2.05) is 18.2 Å². The summed E-state index contributed by atoms with van der Waals surface area (Å²) >= 11 is 0. The third-order valence-electron chi connectivity index (χ3n) is 5.09. The number of para-hydroxylation sites is 1. The molecule has 0 spiro atoms. The minimum absolute atomic E-state index is 0.140. The quantitative estimate of drug-likeness (QED) is 0.760. The van der Waals surface area contributed by atoms with Crippen LogP contribution in [0.25, 0.3) is 0 Å². The number of hydrogen-bond donors (Lipinski definition) is 1. The molecule has 0 saturated carbocycles. The summed E-state index contributed by atoms with van der Waals surface area (Å²) in [6, 6.07) is 10.4. The summed E-state index contributed by atoms with van der Waals surface area (Å²) < 4.78 is 1.61. The van der Waals surface area contributed by atoms with Crippen LogP contribution in [0.3, 0.4) is 0 Å². The zero-order valence-corrected chi connectivity index (χ0v) is 17.0. The summed E-state index contributed by atoms with van der Waals surface area (Å²) in [6.45, 7) is 0.00463. The first kappa shape index (κ1) is 21.0. The van der Waals surface area contributed by atoms with E-state index in [-0.39, 0.29) is 43.7 Å². The molecule has 0 radical (unpaired) electrons. The lowest BCUT2D eigenvalue weighted by Gasteiger charge is -2.23. The minimum atomic E-state index is -0.689. The second-order valence-corrected chi connectivity index (χ2v) is 7.43. The highest BCUT2D eigenvalue weighted by Crippen LogP contribution is 2.24. The van der Waals surface area contributed by atoms with E-state index in [1.165, 1.54) is 9.80 Å². The maximum atomic E-state index is 12.7. The number of aromatic nitrogens is 2. The number of likely N-dealkylation sites (N-methyl/N-ethyl adjacent to an activating group) is 1. The number of carbonyl (C=O) groups excluding carboxylic acids is 3. The number of nitrogens with one attached hydrogen (secondary N) is 1. The maximum Gasteiger partial charge on any atom is 0.243 e.